The van der Waals surface area contributed by atoms with E-state index >= 15 is 0 Å². The van der Waals surface area contributed by atoms with Crippen LogP contribution in [0.4, 0.5) is 11.4 Å². The maximum absolute atomic E-state index is 13.2. The van der Waals surface area contributed by atoms with E-state index in [1.807, 2.05) is 36.4 Å². The van der Waals surface area contributed by atoms with Gasteiger partial charge in [-0.1, -0.05) is 34.1 Å². The molecule has 0 aliphatic carbocycles. The Morgan fingerprint density at radius 3 is 2.48 bits per heavy atom. The van der Waals surface area contributed by atoms with Gasteiger partial charge in [0.2, 0.25) is 0 Å². The van der Waals surface area contributed by atoms with E-state index in [0.29, 0.717) is 16.8 Å². The van der Waals surface area contributed by atoms with E-state index < -0.39 is 0 Å². The van der Waals surface area contributed by atoms with E-state index in [9.17, 15) is 9.59 Å². The van der Waals surface area contributed by atoms with Crippen LogP contribution in [0.3, 0.4) is 0 Å². The largest absolute Gasteiger partial charge is 0.384 e. The number of hydrogen-bond donors (Lipinski definition) is 1. The van der Waals surface area contributed by atoms with Gasteiger partial charge in [0.15, 0.2) is 0 Å². The molecule has 1 aliphatic rings. The topological polar surface area (TPSA) is 49.4 Å². The molecule has 1 heterocycles. The van der Waals surface area contributed by atoms with Gasteiger partial charge in [-0.2, -0.15) is 11.8 Å². The summed E-state index contributed by atoms with van der Waals surface area (Å²) in [5.74, 6) is 0.396. The lowest BCUT2D eigenvalue weighted by molar-refractivity contribution is 0.0893. The predicted octanol–water partition coefficient (Wildman–Crippen LogP) is 5.18. The number of benzene rings is 3. The van der Waals surface area contributed by atoms with Gasteiger partial charge in [0, 0.05) is 44.4 Å². The van der Waals surface area contributed by atoms with Crippen LogP contribution >= 0.6 is 27.7 Å². The van der Waals surface area contributed by atoms with E-state index in [1.165, 1.54) is 4.90 Å². The van der Waals surface area contributed by atoms with Gasteiger partial charge in [-0.25, -0.2) is 4.90 Å². The third kappa shape index (κ3) is 3.13. The number of carbonyl (C=O) groups excluding carboxylic acids is 2. The third-order valence-corrected chi connectivity index (χ3v) is 5.70. The van der Waals surface area contributed by atoms with Gasteiger partial charge in [-0.15, -0.1) is 0 Å². The first kappa shape index (κ1) is 18.1. The van der Waals surface area contributed by atoms with E-state index in [0.717, 1.165) is 33.2 Å². The maximum Gasteiger partial charge on any atom is 0.265 e. The predicted molar refractivity (Wildman–Crippen MR) is 116 cm³/mol. The first-order valence-corrected chi connectivity index (χ1v) is 10.7. The fraction of sp³-hybridized carbons (Fsp3) is 0.143. The van der Waals surface area contributed by atoms with Gasteiger partial charge in [0.25, 0.3) is 11.8 Å². The minimum atomic E-state index is -0.294. The summed E-state index contributed by atoms with van der Waals surface area (Å²) in [6.45, 7) is 0.825. The highest BCUT2D eigenvalue weighted by molar-refractivity contribution is 9.10. The standard InChI is InChI=1S/C21H17BrN2O2S/c1-27-11-10-23-18-9-8-17-19-15(18)6-3-7-16(19)20(25)24(21(17)26)14-5-2-4-13(22)12-14/h2-9,12,23H,10-11H2,1H3. The summed E-state index contributed by atoms with van der Waals surface area (Å²) in [5.41, 5.74) is 2.61. The number of amides is 2. The van der Waals surface area contributed by atoms with Crippen molar-refractivity contribution in [1.82, 2.24) is 0 Å². The Morgan fingerprint density at radius 2 is 1.74 bits per heavy atom. The molecule has 0 spiro atoms. The molecule has 0 radical (unpaired) electrons. The molecule has 0 atom stereocenters. The first-order valence-electron chi connectivity index (χ1n) is 8.54. The molecule has 1 N–H and O–H groups in total. The smallest absolute Gasteiger partial charge is 0.265 e. The van der Waals surface area contributed by atoms with E-state index in [4.69, 9.17) is 0 Å². The quantitative estimate of drug-likeness (QED) is 0.438. The zero-order chi connectivity index (χ0) is 19.0. The lowest BCUT2D eigenvalue weighted by Crippen LogP contribution is -2.40. The second-order valence-corrected chi connectivity index (χ2v) is 8.14. The minimum absolute atomic E-state index is 0.294. The Bertz CT molecular complexity index is 1040. The summed E-state index contributed by atoms with van der Waals surface area (Å²) in [7, 11) is 0. The summed E-state index contributed by atoms with van der Waals surface area (Å²) in [5, 5.41) is 5.04. The number of anilines is 2. The lowest BCUT2D eigenvalue weighted by atomic mass is 9.92. The molecular weight excluding hydrogens is 424 g/mol. The molecular formula is C21H17BrN2O2S. The van der Waals surface area contributed by atoms with Crippen LogP contribution in [0.2, 0.25) is 0 Å². The average Bonchev–Trinajstić information content (AvgIpc) is 2.67. The molecule has 4 nitrogen and oxygen atoms in total. The van der Waals surface area contributed by atoms with Gasteiger partial charge in [0.05, 0.1) is 5.69 Å². The highest BCUT2D eigenvalue weighted by Gasteiger charge is 2.34. The van der Waals surface area contributed by atoms with Crippen LogP contribution in [0, 0.1) is 0 Å². The molecule has 0 aromatic heterocycles. The van der Waals surface area contributed by atoms with E-state index in [2.05, 4.69) is 27.5 Å². The van der Waals surface area contributed by atoms with Crippen LogP contribution in [-0.2, 0) is 0 Å². The van der Waals surface area contributed by atoms with Gasteiger partial charge in [0.1, 0.15) is 0 Å². The molecule has 0 saturated carbocycles. The molecule has 1 aliphatic heterocycles. The molecule has 6 heteroatoms. The number of carbonyl (C=O) groups is 2. The summed E-state index contributed by atoms with van der Waals surface area (Å²) >= 11 is 5.18. The van der Waals surface area contributed by atoms with Crippen LogP contribution < -0.4 is 10.2 Å². The number of halogens is 1. The van der Waals surface area contributed by atoms with Gasteiger partial charge in [-0.05, 0) is 42.7 Å². The second-order valence-electron chi connectivity index (χ2n) is 6.23. The Morgan fingerprint density at radius 1 is 1.00 bits per heavy atom. The Balaban J connectivity index is 1.85. The summed E-state index contributed by atoms with van der Waals surface area (Å²) in [6.07, 6.45) is 2.06. The van der Waals surface area contributed by atoms with Crippen molar-refractivity contribution in [2.24, 2.45) is 0 Å². The van der Waals surface area contributed by atoms with Gasteiger partial charge >= 0.3 is 0 Å². The lowest BCUT2D eigenvalue weighted by Gasteiger charge is -2.28. The Kier molecular flexibility index (Phi) is 4.93. The summed E-state index contributed by atoms with van der Waals surface area (Å²) < 4.78 is 0.818. The van der Waals surface area contributed by atoms with Crippen LogP contribution in [0.5, 0.6) is 0 Å². The van der Waals surface area contributed by atoms with Crippen molar-refractivity contribution in [3.05, 3.63) is 70.2 Å². The number of nitrogens with zero attached hydrogens (tertiary/aromatic N) is 1. The molecule has 3 aromatic carbocycles. The molecule has 4 rings (SSSR count). The molecule has 0 fully saturated rings. The van der Waals surface area contributed by atoms with Crippen molar-refractivity contribution in [2.75, 3.05) is 28.8 Å². The average molecular weight is 441 g/mol. The third-order valence-electron chi connectivity index (χ3n) is 4.60. The number of imide groups is 1. The molecule has 136 valence electrons. The van der Waals surface area contributed by atoms with Crippen molar-refractivity contribution in [2.45, 2.75) is 0 Å². The normalized spacial score (nSPS) is 13.3. The van der Waals surface area contributed by atoms with Crippen molar-refractivity contribution in [1.29, 1.82) is 0 Å². The highest BCUT2D eigenvalue weighted by atomic mass is 79.9. The number of thioether (sulfide) groups is 1. The second kappa shape index (κ2) is 7.37. The molecule has 0 unspecified atom stereocenters. The Labute approximate surface area is 170 Å². The SMILES string of the molecule is CSCCNc1ccc2c3c(cccc13)C(=O)N(c1cccc(Br)c1)C2=O. The fourth-order valence-electron chi connectivity index (χ4n) is 3.39. The molecule has 0 saturated heterocycles. The van der Waals surface area contributed by atoms with Crippen LogP contribution in [0.1, 0.15) is 20.7 Å². The van der Waals surface area contributed by atoms with Crippen molar-refractivity contribution >= 4 is 61.7 Å². The van der Waals surface area contributed by atoms with E-state index in [-0.39, 0.29) is 11.8 Å². The highest BCUT2D eigenvalue weighted by Crippen LogP contribution is 2.36. The zero-order valence-corrected chi connectivity index (χ0v) is 17.1. The molecule has 0 bridgehead atoms. The van der Waals surface area contributed by atoms with Crippen molar-refractivity contribution < 1.29 is 9.59 Å². The number of nitrogens with one attached hydrogen (secondary N) is 1. The van der Waals surface area contributed by atoms with Gasteiger partial charge in [-0.3, -0.25) is 9.59 Å². The summed E-state index contributed by atoms with van der Waals surface area (Å²) in [4.78, 5) is 27.6. The van der Waals surface area contributed by atoms with Crippen molar-refractivity contribution in [3.63, 3.8) is 0 Å². The van der Waals surface area contributed by atoms with Gasteiger partial charge < -0.3 is 5.32 Å². The first-order chi connectivity index (χ1) is 13.1. The Hall–Kier alpha value is -2.31. The molecule has 3 aromatic rings. The van der Waals surface area contributed by atoms with E-state index in [1.54, 1.807) is 30.0 Å². The summed E-state index contributed by atoms with van der Waals surface area (Å²) in [6, 6.07) is 16.6. The zero-order valence-electron chi connectivity index (χ0n) is 14.7. The maximum atomic E-state index is 13.2. The molecule has 27 heavy (non-hydrogen) atoms. The van der Waals surface area contributed by atoms with Crippen LogP contribution in [0.25, 0.3) is 10.8 Å². The van der Waals surface area contributed by atoms with Crippen molar-refractivity contribution in [3.8, 4) is 0 Å². The number of hydrogen-bond acceptors (Lipinski definition) is 4. The number of rotatable bonds is 5. The molecule has 2 amide bonds. The van der Waals surface area contributed by atoms with Crippen LogP contribution in [0.15, 0.2) is 59.1 Å². The van der Waals surface area contributed by atoms with Crippen LogP contribution in [-0.4, -0.2) is 30.4 Å². The monoisotopic (exact) mass is 440 g/mol. The minimum Gasteiger partial charge on any atom is -0.384 e. The fourth-order valence-corrected chi connectivity index (χ4v) is 4.08.